The van der Waals surface area contributed by atoms with Crippen molar-refractivity contribution < 1.29 is 60.0 Å². The van der Waals surface area contributed by atoms with Crippen LogP contribution in [0.1, 0.15) is 90.9 Å². The minimum Gasteiger partial charge on any atom is -0.481 e. The lowest BCUT2D eigenvalue weighted by molar-refractivity contribution is -0.139. The van der Waals surface area contributed by atoms with E-state index in [2.05, 4.69) is 13.8 Å². The van der Waals surface area contributed by atoms with Crippen LogP contribution in [0.2, 0.25) is 0 Å². The van der Waals surface area contributed by atoms with Crippen molar-refractivity contribution in [3.8, 4) is 0 Å². The molecule has 0 aliphatic carbocycles. The lowest BCUT2D eigenvalue weighted by Crippen LogP contribution is -2.02. The van der Waals surface area contributed by atoms with Crippen molar-refractivity contribution in [1.82, 2.24) is 0 Å². The smallest absolute Gasteiger partial charge is 0.328 e. The molecule has 0 unspecified atom stereocenters. The third kappa shape index (κ3) is 63.0. The van der Waals surface area contributed by atoms with Gasteiger partial charge in [-0.25, -0.2) is 9.59 Å². The lowest BCUT2D eigenvalue weighted by Gasteiger charge is -1.99. The molecule has 0 rings (SSSR count). The fraction of sp³-hybridized carbons (Fsp3) is 0.727. The van der Waals surface area contributed by atoms with Crippen LogP contribution in [0.3, 0.4) is 0 Å². The highest BCUT2D eigenvalue weighted by Gasteiger charge is 1.99. The summed E-state index contributed by atoms with van der Waals surface area (Å²) in [5, 5.41) is 65.2. The van der Waals surface area contributed by atoms with E-state index in [1.165, 1.54) is 0 Å². The van der Waals surface area contributed by atoms with Gasteiger partial charge >= 0.3 is 23.9 Å². The Kier molecular flexibility index (Phi) is 34.7. The topological polar surface area (TPSA) is 230 Å². The largest absolute Gasteiger partial charge is 0.481 e. The van der Waals surface area contributed by atoms with E-state index >= 15 is 0 Å². The Morgan fingerprint density at radius 2 is 0.853 bits per heavy atom. The average Bonchev–Trinajstić information content (AvgIpc) is 2.71. The molecule has 0 aliphatic rings. The Morgan fingerprint density at radius 3 is 1.03 bits per heavy atom. The van der Waals surface area contributed by atoms with Gasteiger partial charge in [0.2, 0.25) is 0 Å². The van der Waals surface area contributed by atoms with E-state index in [4.69, 9.17) is 40.9 Å². The standard InChI is InChI=1S/C6H10O4.2C6H14O2.C4H4O4/c7-5(8)3-1-2-4-6(9)10;2*1-2-3-4-5-6(7)8;5-3(6)1-2-4(7)8/h1-4H2,(H,7,8)(H,9,10);2*6-8H,2-5H2,1H3;1-2H,(H,5,6)(H,7,8)/b;;;2-1+. The van der Waals surface area contributed by atoms with Gasteiger partial charge in [0.25, 0.3) is 0 Å². The van der Waals surface area contributed by atoms with Gasteiger partial charge in [-0.2, -0.15) is 0 Å². The first-order valence-corrected chi connectivity index (χ1v) is 11.1. The molecule has 0 aromatic rings. The molecular formula is C22H42O12. The van der Waals surface area contributed by atoms with E-state index in [0.29, 0.717) is 37.8 Å². The van der Waals surface area contributed by atoms with Crippen molar-refractivity contribution in [2.45, 2.75) is 103 Å². The van der Waals surface area contributed by atoms with E-state index < -0.39 is 36.5 Å². The quantitative estimate of drug-likeness (QED) is 0.0922. The first-order valence-electron chi connectivity index (χ1n) is 11.1. The van der Waals surface area contributed by atoms with Crippen LogP contribution in [0.25, 0.3) is 0 Å². The zero-order chi connectivity index (χ0) is 27.4. The number of aliphatic hydroxyl groups excluding tert-OH is 2. The number of hydrogen-bond donors (Lipinski definition) is 8. The fourth-order valence-corrected chi connectivity index (χ4v) is 1.85. The van der Waals surface area contributed by atoms with E-state index in [-0.39, 0.29) is 12.8 Å². The van der Waals surface area contributed by atoms with Crippen molar-refractivity contribution in [1.29, 1.82) is 0 Å². The maximum absolute atomic E-state index is 9.90. The van der Waals surface area contributed by atoms with Crippen molar-refractivity contribution in [2.24, 2.45) is 0 Å². The number of carbonyl (C=O) groups is 4. The van der Waals surface area contributed by atoms with Crippen LogP contribution in [0, 0.1) is 0 Å². The average molecular weight is 499 g/mol. The molecule has 0 aliphatic heterocycles. The van der Waals surface area contributed by atoms with Gasteiger partial charge in [-0.05, 0) is 38.5 Å². The number of aliphatic carboxylic acids is 4. The zero-order valence-corrected chi connectivity index (χ0v) is 20.0. The van der Waals surface area contributed by atoms with Gasteiger partial charge in [0.05, 0.1) is 0 Å². The van der Waals surface area contributed by atoms with Crippen LogP contribution in [0.5, 0.6) is 0 Å². The lowest BCUT2D eigenvalue weighted by atomic mass is 10.2. The second-order valence-electron chi connectivity index (χ2n) is 6.96. The summed E-state index contributed by atoms with van der Waals surface area (Å²) < 4.78 is 0. The Hall–Kier alpha value is -2.54. The molecule has 0 fully saturated rings. The number of carboxylic acid groups (broad SMARTS) is 4. The first-order chi connectivity index (χ1) is 15.8. The molecule has 8 N–H and O–H groups in total. The van der Waals surface area contributed by atoms with Gasteiger partial charge < -0.3 is 40.9 Å². The maximum Gasteiger partial charge on any atom is 0.328 e. The SMILES string of the molecule is CCCCCC(O)O.CCCCCC(O)O.O=C(O)/C=C/C(=O)O.O=C(O)CCCCC(=O)O. The summed E-state index contributed by atoms with van der Waals surface area (Å²) in [4.78, 5) is 38.9. The monoisotopic (exact) mass is 498 g/mol. The van der Waals surface area contributed by atoms with Crippen molar-refractivity contribution in [2.75, 3.05) is 0 Å². The molecule has 34 heavy (non-hydrogen) atoms. The van der Waals surface area contributed by atoms with Crippen LogP contribution in [-0.4, -0.2) is 77.3 Å². The van der Waals surface area contributed by atoms with Crippen molar-refractivity contribution in [3.05, 3.63) is 12.2 Å². The van der Waals surface area contributed by atoms with E-state index in [9.17, 15) is 19.2 Å². The minimum absolute atomic E-state index is 0.0628. The molecule has 0 amide bonds. The summed E-state index contributed by atoms with van der Waals surface area (Å²) in [5.41, 5.74) is 0. The Labute approximate surface area is 200 Å². The predicted octanol–water partition coefficient (Wildman–Crippen LogP) is 2.18. The molecule has 12 heteroatoms. The van der Waals surface area contributed by atoms with Gasteiger partial charge in [-0.1, -0.05) is 39.5 Å². The van der Waals surface area contributed by atoms with Crippen LogP contribution >= 0.6 is 0 Å². The summed E-state index contributed by atoms with van der Waals surface area (Å²) in [5.74, 6) is -4.25. The molecule has 202 valence electrons. The van der Waals surface area contributed by atoms with Crippen LogP contribution < -0.4 is 0 Å². The predicted molar refractivity (Wildman–Crippen MR) is 123 cm³/mol. The Bertz CT molecular complexity index is 484. The highest BCUT2D eigenvalue weighted by Crippen LogP contribution is 2.01. The molecule has 0 heterocycles. The molecular weight excluding hydrogens is 456 g/mol. The number of carboxylic acids is 4. The van der Waals surface area contributed by atoms with Gasteiger partial charge in [0, 0.05) is 25.0 Å². The van der Waals surface area contributed by atoms with Gasteiger partial charge in [-0.15, -0.1) is 0 Å². The second-order valence-corrected chi connectivity index (χ2v) is 6.96. The molecule has 0 aromatic carbocycles. The normalized spacial score (nSPS) is 9.88. The van der Waals surface area contributed by atoms with Crippen LogP contribution in [0.15, 0.2) is 12.2 Å². The third-order valence-corrected chi connectivity index (χ3v) is 3.53. The molecule has 0 spiro atoms. The van der Waals surface area contributed by atoms with Gasteiger partial charge in [0.15, 0.2) is 12.6 Å². The van der Waals surface area contributed by atoms with Crippen LogP contribution in [0.4, 0.5) is 0 Å². The Balaban J connectivity index is -0.000000177. The number of aliphatic hydroxyl groups is 4. The highest BCUT2D eigenvalue weighted by molar-refractivity contribution is 5.89. The van der Waals surface area contributed by atoms with Gasteiger partial charge in [0.1, 0.15) is 0 Å². The summed E-state index contributed by atoms with van der Waals surface area (Å²) in [7, 11) is 0. The third-order valence-electron chi connectivity index (χ3n) is 3.53. The molecule has 0 saturated heterocycles. The molecule has 0 saturated carbocycles. The van der Waals surface area contributed by atoms with E-state index in [0.717, 1.165) is 38.5 Å². The van der Waals surface area contributed by atoms with Crippen molar-refractivity contribution >= 4 is 23.9 Å². The summed E-state index contributed by atoms with van der Waals surface area (Å²) in [6.45, 7) is 4.17. The molecule has 12 nitrogen and oxygen atoms in total. The minimum atomic E-state index is -1.26. The molecule has 0 aromatic heterocycles. The Morgan fingerprint density at radius 1 is 0.559 bits per heavy atom. The van der Waals surface area contributed by atoms with E-state index in [1.54, 1.807) is 0 Å². The van der Waals surface area contributed by atoms with Crippen molar-refractivity contribution in [3.63, 3.8) is 0 Å². The fourth-order valence-electron chi connectivity index (χ4n) is 1.85. The number of rotatable bonds is 15. The maximum atomic E-state index is 9.90. The molecule has 0 bridgehead atoms. The number of hydrogen-bond acceptors (Lipinski definition) is 8. The highest BCUT2D eigenvalue weighted by atomic mass is 16.5. The number of unbranched alkanes of at least 4 members (excludes halogenated alkanes) is 5. The first kappa shape index (κ1) is 38.7. The van der Waals surface area contributed by atoms with E-state index in [1.807, 2.05) is 0 Å². The molecule has 0 atom stereocenters. The summed E-state index contributed by atoms with van der Waals surface area (Å²) in [6.07, 6.45) is 7.29. The molecule has 0 radical (unpaired) electrons. The van der Waals surface area contributed by atoms with Crippen LogP contribution in [-0.2, 0) is 19.2 Å². The summed E-state index contributed by atoms with van der Waals surface area (Å²) in [6, 6.07) is 0. The second kappa shape index (κ2) is 30.5. The zero-order valence-electron chi connectivity index (χ0n) is 20.0. The summed E-state index contributed by atoms with van der Waals surface area (Å²) >= 11 is 0. The van der Waals surface area contributed by atoms with Gasteiger partial charge in [-0.3, -0.25) is 9.59 Å².